The first-order chi connectivity index (χ1) is 11.1. The van der Waals surface area contributed by atoms with Crippen molar-refractivity contribution in [1.82, 2.24) is 4.90 Å². The molecule has 1 amide bonds. The second kappa shape index (κ2) is 8.67. The van der Waals surface area contributed by atoms with E-state index in [1.54, 1.807) is 4.90 Å². The summed E-state index contributed by atoms with van der Waals surface area (Å²) >= 11 is 0. The lowest BCUT2D eigenvalue weighted by atomic mass is 10.1. The van der Waals surface area contributed by atoms with Gasteiger partial charge in [-0.3, -0.25) is 9.59 Å². The minimum absolute atomic E-state index is 0.0290. The molecule has 1 unspecified atom stereocenters. The van der Waals surface area contributed by atoms with E-state index in [0.29, 0.717) is 19.7 Å². The SMILES string of the molecule is CC(C)OCCOC(=O)C1CC(=O)N(CCc2ccccc2)C1. The molecule has 1 aromatic carbocycles. The number of likely N-dealkylation sites (tertiary alicyclic amines) is 1. The van der Waals surface area contributed by atoms with Crippen LogP contribution in [0.2, 0.25) is 0 Å². The summed E-state index contributed by atoms with van der Waals surface area (Å²) in [5.41, 5.74) is 1.19. The molecule has 0 spiro atoms. The summed E-state index contributed by atoms with van der Waals surface area (Å²) in [7, 11) is 0. The number of amides is 1. The smallest absolute Gasteiger partial charge is 0.311 e. The second-order valence-corrected chi connectivity index (χ2v) is 6.06. The zero-order chi connectivity index (χ0) is 16.7. The second-order valence-electron chi connectivity index (χ2n) is 6.06. The monoisotopic (exact) mass is 319 g/mol. The fraction of sp³-hybridized carbons (Fsp3) is 0.556. The summed E-state index contributed by atoms with van der Waals surface area (Å²) in [6, 6.07) is 10.0. The lowest BCUT2D eigenvalue weighted by Gasteiger charge is -2.16. The predicted molar refractivity (Wildman–Crippen MR) is 86.9 cm³/mol. The first-order valence-electron chi connectivity index (χ1n) is 8.16. The lowest BCUT2D eigenvalue weighted by molar-refractivity contribution is -0.150. The van der Waals surface area contributed by atoms with E-state index in [0.717, 1.165) is 6.42 Å². The Kier molecular flexibility index (Phi) is 6.59. The van der Waals surface area contributed by atoms with Crippen LogP contribution in [0.3, 0.4) is 0 Å². The first-order valence-corrected chi connectivity index (χ1v) is 8.16. The molecule has 1 aliphatic heterocycles. The number of rotatable bonds is 8. The predicted octanol–water partition coefficient (Wildman–Crippen LogP) is 2.05. The first kappa shape index (κ1) is 17.5. The zero-order valence-electron chi connectivity index (χ0n) is 13.9. The Morgan fingerprint density at radius 2 is 2.00 bits per heavy atom. The van der Waals surface area contributed by atoms with Crippen molar-refractivity contribution in [3.05, 3.63) is 35.9 Å². The van der Waals surface area contributed by atoms with Gasteiger partial charge in [0, 0.05) is 19.5 Å². The number of carbonyl (C=O) groups excluding carboxylic acids is 2. The minimum atomic E-state index is -0.350. The molecule has 0 aliphatic carbocycles. The Bertz CT molecular complexity index is 515. The molecule has 1 saturated heterocycles. The Balaban J connectivity index is 1.72. The van der Waals surface area contributed by atoms with Crippen molar-refractivity contribution in [2.75, 3.05) is 26.3 Å². The summed E-state index contributed by atoms with van der Waals surface area (Å²) in [5.74, 6) is -0.619. The fourth-order valence-corrected chi connectivity index (χ4v) is 2.60. The van der Waals surface area contributed by atoms with E-state index < -0.39 is 0 Å². The standard InChI is InChI=1S/C18H25NO4/c1-14(2)22-10-11-23-18(21)16-12-17(20)19(13-16)9-8-15-6-4-3-5-7-15/h3-7,14,16H,8-13H2,1-2H3. The van der Waals surface area contributed by atoms with Crippen molar-refractivity contribution < 1.29 is 19.1 Å². The summed E-state index contributed by atoms with van der Waals surface area (Å²) < 4.78 is 10.5. The number of hydrogen-bond acceptors (Lipinski definition) is 4. The van der Waals surface area contributed by atoms with E-state index in [1.165, 1.54) is 5.56 Å². The molecule has 1 atom stereocenters. The van der Waals surface area contributed by atoms with Crippen LogP contribution in [0, 0.1) is 5.92 Å². The lowest BCUT2D eigenvalue weighted by Crippen LogP contribution is -2.29. The van der Waals surface area contributed by atoms with Crippen molar-refractivity contribution in [3.63, 3.8) is 0 Å². The van der Waals surface area contributed by atoms with E-state index in [-0.39, 0.29) is 36.9 Å². The summed E-state index contributed by atoms with van der Waals surface area (Å²) in [6.07, 6.45) is 1.17. The topological polar surface area (TPSA) is 55.8 Å². The maximum absolute atomic E-state index is 12.0. The van der Waals surface area contributed by atoms with Crippen LogP contribution in [0.25, 0.3) is 0 Å². The molecule has 1 fully saturated rings. The van der Waals surface area contributed by atoms with Gasteiger partial charge in [-0.2, -0.15) is 0 Å². The van der Waals surface area contributed by atoms with Gasteiger partial charge in [0.1, 0.15) is 6.61 Å². The molecule has 0 bridgehead atoms. The quantitative estimate of drug-likeness (QED) is 0.543. The normalized spacial score (nSPS) is 17.8. The van der Waals surface area contributed by atoms with Gasteiger partial charge in [0.2, 0.25) is 5.91 Å². The number of carbonyl (C=O) groups is 2. The van der Waals surface area contributed by atoms with Crippen molar-refractivity contribution in [2.24, 2.45) is 5.92 Å². The molecule has 126 valence electrons. The number of ether oxygens (including phenoxy) is 2. The zero-order valence-corrected chi connectivity index (χ0v) is 13.9. The molecular formula is C18H25NO4. The third-order valence-electron chi connectivity index (χ3n) is 3.84. The highest BCUT2D eigenvalue weighted by Gasteiger charge is 2.34. The van der Waals surface area contributed by atoms with Crippen LogP contribution in [-0.4, -0.2) is 49.2 Å². The number of hydrogen-bond donors (Lipinski definition) is 0. The highest BCUT2D eigenvalue weighted by atomic mass is 16.6. The maximum atomic E-state index is 12.0. The molecule has 0 radical (unpaired) electrons. The van der Waals surface area contributed by atoms with Crippen molar-refractivity contribution in [3.8, 4) is 0 Å². The molecule has 0 aromatic heterocycles. The van der Waals surface area contributed by atoms with E-state index in [1.807, 2.05) is 44.2 Å². The molecule has 1 aliphatic rings. The number of esters is 1. The average molecular weight is 319 g/mol. The van der Waals surface area contributed by atoms with Gasteiger partial charge >= 0.3 is 5.97 Å². The largest absolute Gasteiger partial charge is 0.463 e. The molecular weight excluding hydrogens is 294 g/mol. The molecule has 1 heterocycles. The van der Waals surface area contributed by atoms with Gasteiger partial charge in [0.15, 0.2) is 0 Å². The van der Waals surface area contributed by atoms with Gasteiger partial charge in [0.25, 0.3) is 0 Å². The van der Waals surface area contributed by atoms with Gasteiger partial charge in [-0.1, -0.05) is 30.3 Å². The van der Waals surface area contributed by atoms with Crippen LogP contribution in [0.1, 0.15) is 25.8 Å². The highest BCUT2D eigenvalue weighted by Crippen LogP contribution is 2.19. The van der Waals surface area contributed by atoms with Crippen LogP contribution >= 0.6 is 0 Å². The Labute approximate surface area is 137 Å². The maximum Gasteiger partial charge on any atom is 0.311 e. The molecule has 2 rings (SSSR count). The van der Waals surface area contributed by atoms with E-state index >= 15 is 0 Å². The highest BCUT2D eigenvalue weighted by molar-refractivity contribution is 5.86. The van der Waals surface area contributed by atoms with E-state index in [4.69, 9.17) is 9.47 Å². The molecule has 1 aromatic rings. The molecule has 0 saturated carbocycles. The molecule has 0 N–H and O–H groups in total. The fourth-order valence-electron chi connectivity index (χ4n) is 2.60. The van der Waals surface area contributed by atoms with E-state index in [2.05, 4.69) is 0 Å². The van der Waals surface area contributed by atoms with Crippen LogP contribution in [0.5, 0.6) is 0 Å². The van der Waals surface area contributed by atoms with Crippen molar-refractivity contribution in [2.45, 2.75) is 32.8 Å². The van der Waals surface area contributed by atoms with Crippen LogP contribution in [-0.2, 0) is 25.5 Å². The van der Waals surface area contributed by atoms with E-state index in [9.17, 15) is 9.59 Å². The summed E-state index contributed by atoms with van der Waals surface area (Å²) in [5, 5.41) is 0. The number of nitrogens with zero attached hydrogens (tertiary/aromatic N) is 1. The van der Waals surface area contributed by atoms with Gasteiger partial charge < -0.3 is 14.4 Å². The van der Waals surface area contributed by atoms with Gasteiger partial charge in [-0.15, -0.1) is 0 Å². The molecule has 23 heavy (non-hydrogen) atoms. The third kappa shape index (κ3) is 5.67. The van der Waals surface area contributed by atoms with Crippen molar-refractivity contribution >= 4 is 11.9 Å². The van der Waals surface area contributed by atoms with Crippen LogP contribution < -0.4 is 0 Å². The molecule has 5 heteroatoms. The Morgan fingerprint density at radius 1 is 1.26 bits per heavy atom. The molecule has 5 nitrogen and oxygen atoms in total. The average Bonchev–Trinajstić information content (AvgIpc) is 2.91. The van der Waals surface area contributed by atoms with Crippen LogP contribution in [0.15, 0.2) is 30.3 Å². The van der Waals surface area contributed by atoms with Crippen LogP contribution in [0.4, 0.5) is 0 Å². The van der Waals surface area contributed by atoms with Gasteiger partial charge in [0.05, 0.1) is 18.6 Å². The van der Waals surface area contributed by atoms with Gasteiger partial charge in [-0.05, 0) is 25.8 Å². The Morgan fingerprint density at radius 3 is 2.70 bits per heavy atom. The third-order valence-corrected chi connectivity index (χ3v) is 3.84. The number of benzene rings is 1. The summed E-state index contributed by atoms with van der Waals surface area (Å²) in [6.45, 7) is 5.59. The van der Waals surface area contributed by atoms with Crippen molar-refractivity contribution in [1.29, 1.82) is 0 Å². The minimum Gasteiger partial charge on any atom is -0.463 e. The Hall–Kier alpha value is -1.88. The van der Waals surface area contributed by atoms with Gasteiger partial charge in [-0.25, -0.2) is 0 Å². The summed E-state index contributed by atoms with van der Waals surface area (Å²) in [4.78, 5) is 25.8.